The van der Waals surface area contributed by atoms with Crippen LogP contribution in [0.4, 0.5) is 10.1 Å². The van der Waals surface area contributed by atoms with Crippen molar-refractivity contribution in [1.29, 1.82) is 0 Å². The number of carbonyl (C=O) groups is 1. The number of benzene rings is 2. The van der Waals surface area contributed by atoms with Crippen LogP contribution in [-0.4, -0.2) is 12.5 Å². The second-order valence-electron chi connectivity index (χ2n) is 4.25. The van der Waals surface area contributed by atoms with Crippen LogP contribution in [0.15, 0.2) is 42.5 Å². The number of carbonyl (C=O) groups excluding carboxylic acids is 1. The number of rotatable bonds is 4. The summed E-state index contributed by atoms with van der Waals surface area (Å²) < 4.78 is 18.6. The van der Waals surface area contributed by atoms with E-state index in [-0.39, 0.29) is 18.3 Å². The summed E-state index contributed by atoms with van der Waals surface area (Å²) in [6.45, 7) is 1.50. The Labute approximate surface area is 121 Å². The van der Waals surface area contributed by atoms with Gasteiger partial charge in [0.15, 0.2) is 6.61 Å². The zero-order chi connectivity index (χ0) is 14.5. The number of hydrogen-bond donors (Lipinski definition) is 1. The fourth-order valence-electron chi connectivity index (χ4n) is 1.55. The average molecular weight is 294 g/mol. The largest absolute Gasteiger partial charge is 0.484 e. The number of halogens is 2. The minimum Gasteiger partial charge on any atom is -0.484 e. The van der Waals surface area contributed by atoms with Crippen molar-refractivity contribution in [2.45, 2.75) is 6.92 Å². The highest BCUT2D eigenvalue weighted by molar-refractivity contribution is 6.30. The van der Waals surface area contributed by atoms with Gasteiger partial charge in [0.25, 0.3) is 5.91 Å². The third-order valence-electron chi connectivity index (χ3n) is 2.64. The third kappa shape index (κ3) is 3.96. The molecular formula is C15H13ClFNO2. The summed E-state index contributed by atoms with van der Waals surface area (Å²) in [6, 6.07) is 11.2. The summed E-state index contributed by atoms with van der Waals surface area (Å²) in [7, 11) is 0. The summed E-state index contributed by atoms with van der Waals surface area (Å²) in [5.74, 6) is -0.177. The second kappa shape index (κ2) is 6.39. The molecule has 0 aliphatic carbocycles. The molecule has 20 heavy (non-hydrogen) atoms. The van der Waals surface area contributed by atoms with E-state index in [1.54, 1.807) is 43.3 Å². The number of amides is 1. The Balaban J connectivity index is 1.89. The summed E-state index contributed by atoms with van der Waals surface area (Å²) in [5.41, 5.74) is 0.929. The fourth-order valence-corrected chi connectivity index (χ4v) is 1.67. The molecule has 1 N–H and O–H groups in total. The lowest BCUT2D eigenvalue weighted by molar-refractivity contribution is -0.118. The topological polar surface area (TPSA) is 38.3 Å². The molecule has 0 saturated carbocycles. The van der Waals surface area contributed by atoms with Gasteiger partial charge in [0, 0.05) is 10.7 Å². The third-order valence-corrected chi connectivity index (χ3v) is 2.89. The number of ether oxygens (including phenoxy) is 1. The van der Waals surface area contributed by atoms with Crippen LogP contribution in [0.2, 0.25) is 5.02 Å². The van der Waals surface area contributed by atoms with Crippen molar-refractivity contribution in [3.05, 3.63) is 58.9 Å². The van der Waals surface area contributed by atoms with Crippen LogP contribution in [0.25, 0.3) is 0 Å². The number of nitrogens with one attached hydrogen (secondary N) is 1. The molecule has 0 spiro atoms. The van der Waals surface area contributed by atoms with E-state index >= 15 is 0 Å². The Kier molecular flexibility index (Phi) is 4.58. The van der Waals surface area contributed by atoms with E-state index in [9.17, 15) is 9.18 Å². The average Bonchev–Trinajstić information content (AvgIpc) is 2.42. The van der Waals surface area contributed by atoms with Gasteiger partial charge in [-0.15, -0.1) is 0 Å². The van der Waals surface area contributed by atoms with Crippen molar-refractivity contribution in [3.63, 3.8) is 0 Å². The SMILES string of the molecule is Cc1ccc(NC(=O)COc2ccc(Cl)cc2)cc1F. The van der Waals surface area contributed by atoms with Crippen LogP contribution in [0.3, 0.4) is 0 Å². The molecule has 2 aromatic carbocycles. The smallest absolute Gasteiger partial charge is 0.262 e. The van der Waals surface area contributed by atoms with Crippen molar-refractivity contribution < 1.29 is 13.9 Å². The van der Waals surface area contributed by atoms with Crippen molar-refractivity contribution in [1.82, 2.24) is 0 Å². The number of anilines is 1. The highest BCUT2D eigenvalue weighted by Crippen LogP contribution is 2.16. The molecule has 0 aliphatic heterocycles. The first-order valence-corrected chi connectivity index (χ1v) is 6.37. The Morgan fingerprint density at radius 2 is 1.95 bits per heavy atom. The van der Waals surface area contributed by atoms with Gasteiger partial charge in [0.1, 0.15) is 11.6 Å². The van der Waals surface area contributed by atoms with Gasteiger partial charge in [-0.1, -0.05) is 17.7 Å². The summed E-state index contributed by atoms with van der Waals surface area (Å²) in [6.07, 6.45) is 0. The van der Waals surface area contributed by atoms with Crippen LogP contribution < -0.4 is 10.1 Å². The second-order valence-corrected chi connectivity index (χ2v) is 4.69. The van der Waals surface area contributed by atoms with E-state index in [4.69, 9.17) is 16.3 Å². The lowest BCUT2D eigenvalue weighted by Crippen LogP contribution is -2.20. The van der Waals surface area contributed by atoms with Gasteiger partial charge in [-0.05, 0) is 48.9 Å². The molecule has 2 aromatic rings. The van der Waals surface area contributed by atoms with Gasteiger partial charge in [-0.25, -0.2) is 4.39 Å². The first kappa shape index (κ1) is 14.3. The van der Waals surface area contributed by atoms with Gasteiger partial charge in [-0.2, -0.15) is 0 Å². The van der Waals surface area contributed by atoms with E-state index in [1.807, 2.05) is 0 Å². The minimum atomic E-state index is -0.360. The van der Waals surface area contributed by atoms with E-state index in [0.717, 1.165) is 0 Å². The van der Waals surface area contributed by atoms with E-state index in [1.165, 1.54) is 6.07 Å². The molecule has 0 unspecified atom stereocenters. The summed E-state index contributed by atoms with van der Waals surface area (Å²) in [5, 5.41) is 3.16. The summed E-state index contributed by atoms with van der Waals surface area (Å²) >= 11 is 5.74. The first-order valence-electron chi connectivity index (χ1n) is 5.99. The summed E-state index contributed by atoms with van der Waals surface area (Å²) in [4.78, 5) is 11.7. The zero-order valence-corrected chi connectivity index (χ0v) is 11.6. The van der Waals surface area contributed by atoms with E-state index < -0.39 is 0 Å². The molecule has 3 nitrogen and oxygen atoms in total. The molecule has 0 aliphatic rings. The Hall–Kier alpha value is -2.07. The molecule has 0 atom stereocenters. The minimum absolute atomic E-state index is 0.156. The van der Waals surface area contributed by atoms with Crippen molar-refractivity contribution in [2.24, 2.45) is 0 Å². The molecule has 0 radical (unpaired) electrons. The zero-order valence-electron chi connectivity index (χ0n) is 10.8. The van der Waals surface area contributed by atoms with E-state index in [2.05, 4.69) is 5.32 Å². The number of hydrogen-bond acceptors (Lipinski definition) is 2. The molecule has 0 fully saturated rings. The quantitative estimate of drug-likeness (QED) is 0.931. The maximum Gasteiger partial charge on any atom is 0.262 e. The van der Waals surface area contributed by atoms with Crippen molar-refractivity contribution >= 4 is 23.2 Å². The molecule has 5 heteroatoms. The highest BCUT2D eigenvalue weighted by Gasteiger charge is 2.05. The Morgan fingerprint density at radius 3 is 2.60 bits per heavy atom. The number of aryl methyl sites for hydroxylation is 1. The molecule has 0 aromatic heterocycles. The molecule has 0 heterocycles. The van der Waals surface area contributed by atoms with Gasteiger partial charge in [0.05, 0.1) is 0 Å². The first-order chi connectivity index (χ1) is 9.54. The van der Waals surface area contributed by atoms with Gasteiger partial charge in [-0.3, -0.25) is 4.79 Å². The lowest BCUT2D eigenvalue weighted by Gasteiger charge is -2.08. The van der Waals surface area contributed by atoms with Crippen LogP contribution >= 0.6 is 11.6 Å². The fraction of sp³-hybridized carbons (Fsp3) is 0.133. The normalized spacial score (nSPS) is 10.2. The molecule has 1 amide bonds. The Bertz CT molecular complexity index is 614. The predicted molar refractivity (Wildman–Crippen MR) is 76.7 cm³/mol. The molecule has 104 valence electrons. The van der Waals surface area contributed by atoms with Gasteiger partial charge >= 0.3 is 0 Å². The van der Waals surface area contributed by atoms with E-state index in [0.29, 0.717) is 22.0 Å². The van der Waals surface area contributed by atoms with Crippen LogP contribution in [0, 0.1) is 12.7 Å². The molecule has 0 bridgehead atoms. The van der Waals surface area contributed by atoms with Crippen LogP contribution in [-0.2, 0) is 4.79 Å². The Morgan fingerprint density at radius 1 is 1.25 bits per heavy atom. The van der Waals surface area contributed by atoms with Crippen LogP contribution in [0.1, 0.15) is 5.56 Å². The lowest BCUT2D eigenvalue weighted by atomic mass is 10.2. The predicted octanol–water partition coefficient (Wildman–Crippen LogP) is 3.81. The van der Waals surface area contributed by atoms with Crippen molar-refractivity contribution in [2.75, 3.05) is 11.9 Å². The molecule has 0 saturated heterocycles. The van der Waals surface area contributed by atoms with Gasteiger partial charge < -0.3 is 10.1 Å². The van der Waals surface area contributed by atoms with Crippen LogP contribution in [0.5, 0.6) is 5.75 Å². The standard InChI is InChI=1S/C15H13ClFNO2/c1-10-2-5-12(8-14(10)17)18-15(19)9-20-13-6-3-11(16)4-7-13/h2-8H,9H2,1H3,(H,18,19). The van der Waals surface area contributed by atoms with Crippen molar-refractivity contribution in [3.8, 4) is 5.75 Å². The maximum absolute atomic E-state index is 13.3. The monoisotopic (exact) mass is 293 g/mol. The maximum atomic E-state index is 13.3. The van der Waals surface area contributed by atoms with Gasteiger partial charge in [0.2, 0.25) is 0 Å². The molecular weight excluding hydrogens is 281 g/mol. The highest BCUT2D eigenvalue weighted by atomic mass is 35.5. The molecule has 2 rings (SSSR count).